The van der Waals surface area contributed by atoms with Crippen molar-refractivity contribution in [2.75, 3.05) is 22.9 Å². The van der Waals surface area contributed by atoms with Crippen LogP contribution in [0.15, 0.2) is 12.1 Å². The van der Waals surface area contributed by atoms with Crippen molar-refractivity contribution < 1.29 is 0 Å². The molecule has 0 saturated carbocycles. The predicted molar refractivity (Wildman–Crippen MR) is 85.8 cm³/mol. The molecule has 2 atom stereocenters. The zero-order valence-electron chi connectivity index (χ0n) is 12.8. The molecule has 2 saturated heterocycles. The molecule has 0 radical (unpaired) electrons. The van der Waals surface area contributed by atoms with Crippen LogP contribution in [0.5, 0.6) is 0 Å². The first kappa shape index (κ1) is 13.5. The molecule has 0 unspecified atom stereocenters. The predicted octanol–water partition coefficient (Wildman–Crippen LogP) is 3.16. The number of nitrogens with zero attached hydrogens (tertiary/aromatic N) is 4. The molecular weight excluding hydrogens is 272 g/mol. The first-order valence-electron chi connectivity index (χ1n) is 8.35. The average molecular weight is 292 g/mol. The SMILES string of the molecule is N#Cc1cc2c(cc1C#N)N1CCCC[C@H]1[C@H]1CCCCN21. The Morgan fingerprint density at radius 3 is 1.64 bits per heavy atom. The van der Waals surface area contributed by atoms with Crippen molar-refractivity contribution in [2.45, 2.75) is 50.6 Å². The average Bonchev–Trinajstić information content (AvgIpc) is 2.60. The molecule has 4 rings (SSSR count). The van der Waals surface area contributed by atoms with Crippen LogP contribution in [0.25, 0.3) is 0 Å². The highest BCUT2D eigenvalue weighted by Crippen LogP contribution is 2.45. The summed E-state index contributed by atoms with van der Waals surface area (Å²) in [4.78, 5) is 5.04. The molecule has 0 aliphatic carbocycles. The van der Waals surface area contributed by atoms with E-state index in [1.807, 2.05) is 12.1 Å². The van der Waals surface area contributed by atoms with Gasteiger partial charge < -0.3 is 9.80 Å². The van der Waals surface area contributed by atoms with Gasteiger partial charge in [-0.3, -0.25) is 0 Å². The second kappa shape index (κ2) is 5.21. The summed E-state index contributed by atoms with van der Waals surface area (Å²) in [6, 6.07) is 9.47. The third-order valence-electron chi connectivity index (χ3n) is 5.52. The van der Waals surface area contributed by atoms with E-state index in [-0.39, 0.29) is 0 Å². The number of anilines is 2. The van der Waals surface area contributed by atoms with Crippen LogP contribution < -0.4 is 9.80 Å². The van der Waals surface area contributed by atoms with Crippen molar-refractivity contribution in [3.05, 3.63) is 23.3 Å². The number of nitriles is 2. The molecule has 0 spiro atoms. The van der Waals surface area contributed by atoms with Crippen molar-refractivity contribution >= 4 is 11.4 Å². The maximum absolute atomic E-state index is 9.35. The number of piperidine rings is 2. The molecule has 112 valence electrons. The summed E-state index contributed by atoms with van der Waals surface area (Å²) < 4.78 is 0. The minimum absolute atomic E-state index is 0.515. The molecule has 3 heterocycles. The Bertz CT molecular complexity index is 623. The lowest BCUT2D eigenvalue weighted by atomic mass is 9.84. The van der Waals surface area contributed by atoms with Gasteiger partial charge in [-0.15, -0.1) is 0 Å². The van der Waals surface area contributed by atoms with Crippen LogP contribution in [0.3, 0.4) is 0 Å². The fraction of sp³-hybridized carbons (Fsp3) is 0.556. The van der Waals surface area contributed by atoms with Crippen molar-refractivity contribution in [2.24, 2.45) is 0 Å². The van der Waals surface area contributed by atoms with Crippen LogP contribution in [0.4, 0.5) is 11.4 Å². The lowest BCUT2D eigenvalue weighted by Gasteiger charge is -2.54. The molecule has 1 aromatic carbocycles. The summed E-state index contributed by atoms with van der Waals surface area (Å²) in [6.07, 6.45) is 7.57. The Labute approximate surface area is 131 Å². The van der Waals surface area contributed by atoms with Gasteiger partial charge in [-0.1, -0.05) is 0 Å². The molecule has 0 bridgehead atoms. The van der Waals surface area contributed by atoms with Crippen LogP contribution in [0.1, 0.15) is 49.7 Å². The van der Waals surface area contributed by atoms with Gasteiger partial charge in [0.2, 0.25) is 0 Å². The van der Waals surface area contributed by atoms with E-state index in [1.54, 1.807) is 0 Å². The van der Waals surface area contributed by atoms with E-state index in [1.165, 1.54) is 49.9 Å². The Morgan fingerprint density at radius 2 is 1.23 bits per heavy atom. The Balaban J connectivity index is 1.89. The Morgan fingerprint density at radius 1 is 0.773 bits per heavy atom. The van der Waals surface area contributed by atoms with Crippen LogP contribution in [-0.2, 0) is 0 Å². The summed E-state index contributed by atoms with van der Waals surface area (Å²) in [5, 5.41) is 18.7. The first-order chi connectivity index (χ1) is 10.8. The van der Waals surface area contributed by atoms with Crippen LogP contribution in [0.2, 0.25) is 0 Å². The van der Waals surface area contributed by atoms with E-state index in [9.17, 15) is 10.5 Å². The third-order valence-corrected chi connectivity index (χ3v) is 5.52. The Kier molecular flexibility index (Phi) is 3.19. The minimum Gasteiger partial charge on any atom is -0.365 e. The molecule has 1 aromatic rings. The lowest BCUT2D eigenvalue weighted by Crippen LogP contribution is -2.59. The van der Waals surface area contributed by atoms with Crippen LogP contribution in [0, 0.1) is 22.7 Å². The van der Waals surface area contributed by atoms with E-state index in [0.717, 1.165) is 13.1 Å². The molecule has 22 heavy (non-hydrogen) atoms. The number of hydrogen-bond acceptors (Lipinski definition) is 4. The summed E-state index contributed by atoms with van der Waals surface area (Å²) >= 11 is 0. The van der Waals surface area contributed by atoms with Crippen molar-refractivity contribution in [1.29, 1.82) is 10.5 Å². The van der Waals surface area contributed by atoms with Gasteiger partial charge in [0.25, 0.3) is 0 Å². The highest BCUT2D eigenvalue weighted by atomic mass is 15.3. The summed E-state index contributed by atoms with van der Waals surface area (Å²) in [7, 11) is 0. The van der Waals surface area contributed by atoms with Gasteiger partial charge in [-0.25, -0.2) is 0 Å². The van der Waals surface area contributed by atoms with Crippen LogP contribution in [-0.4, -0.2) is 25.2 Å². The van der Waals surface area contributed by atoms with Gasteiger partial charge in [-0.05, 0) is 50.7 Å². The maximum atomic E-state index is 9.35. The molecule has 3 aliphatic heterocycles. The Hall–Kier alpha value is -2.20. The quantitative estimate of drug-likeness (QED) is 0.737. The van der Waals surface area contributed by atoms with Gasteiger partial charge in [0.1, 0.15) is 12.1 Å². The molecule has 0 N–H and O–H groups in total. The smallest absolute Gasteiger partial charge is 0.101 e. The minimum atomic E-state index is 0.515. The summed E-state index contributed by atoms with van der Waals surface area (Å²) in [6.45, 7) is 2.16. The largest absolute Gasteiger partial charge is 0.365 e. The molecule has 4 heteroatoms. The monoisotopic (exact) mass is 292 g/mol. The van der Waals surface area contributed by atoms with Crippen molar-refractivity contribution in [3.8, 4) is 12.1 Å². The highest BCUT2D eigenvalue weighted by Gasteiger charge is 2.41. The van der Waals surface area contributed by atoms with Gasteiger partial charge in [-0.2, -0.15) is 10.5 Å². The normalized spacial score (nSPS) is 26.3. The maximum Gasteiger partial charge on any atom is 0.101 e. The van der Waals surface area contributed by atoms with Gasteiger partial charge in [0.05, 0.1) is 22.5 Å². The molecule has 4 nitrogen and oxygen atoms in total. The number of benzene rings is 1. The molecule has 3 aliphatic rings. The van der Waals surface area contributed by atoms with E-state index in [4.69, 9.17) is 0 Å². The topological polar surface area (TPSA) is 54.1 Å². The second-order valence-corrected chi connectivity index (χ2v) is 6.62. The van der Waals surface area contributed by atoms with E-state index in [2.05, 4.69) is 21.9 Å². The lowest BCUT2D eigenvalue weighted by molar-refractivity contribution is 0.327. The first-order valence-corrected chi connectivity index (χ1v) is 8.35. The number of fused-ring (bicyclic) bond motifs is 6. The summed E-state index contributed by atoms with van der Waals surface area (Å²) in [5.41, 5.74) is 3.39. The van der Waals surface area contributed by atoms with Crippen molar-refractivity contribution in [1.82, 2.24) is 0 Å². The molecule has 0 aromatic heterocycles. The molecular formula is C18H20N4. The van der Waals surface area contributed by atoms with E-state index >= 15 is 0 Å². The van der Waals surface area contributed by atoms with E-state index < -0.39 is 0 Å². The van der Waals surface area contributed by atoms with Crippen LogP contribution >= 0.6 is 0 Å². The standard InChI is InChI=1S/C18H20N4/c19-11-13-9-17-18(10-14(13)12-20)22-8-4-2-6-16(22)15-5-1-3-7-21(15)17/h9-10,15-16H,1-8H2/t15-,16+. The van der Waals surface area contributed by atoms with Crippen molar-refractivity contribution in [3.63, 3.8) is 0 Å². The van der Waals surface area contributed by atoms with Gasteiger partial charge >= 0.3 is 0 Å². The molecule has 2 fully saturated rings. The second-order valence-electron chi connectivity index (χ2n) is 6.62. The summed E-state index contributed by atoms with van der Waals surface area (Å²) in [5.74, 6) is 0. The van der Waals surface area contributed by atoms with Gasteiger partial charge in [0, 0.05) is 25.2 Å². The number of hydrogen-bond donors (Lipinski definition) is 0. The molecule has 0 amide bonds. The fourth-order valence-corrected chi connectivity index (χ4v) is 4.53. The van der Waals surface area contributed by atoms with Gasteiger partial charge in [0.15, 0.2) is 0 Å². The van der Waals surface area contributed by atoms with E-state index in [0.29, 0.717) is 23.2 Å². The zero-order chi connectivity index (χ0) is 15.1. The number of rotatable bonds is 0. The fourth-order valence-electron chi connectivity index (χ4n) is 4.53. The zero-order valence-corrected chi connectivity index (χ0v) is 12.8. The third kappa shape index (κ3) is 1.87. The highest BCUT2D eigenvalue weighted by molar-refractivity contribution is 5.79.